The van der Waals surface area contributed by atoms with E-state index in [4.69, 9.17) is 9.15 Å². The first-order chi connectivity index (χ1) is 11.0. The van der Waals surface area contributed by atoms with Gasteiger partial charge < -0.3 is 14.3 Å². The highest BCUT2D eigenvalue weighted by Gasteiger charge is 2.06. The number of benzene rings is 1. The summed E-state index contributed by atoms with van der Waals surface area (Å²) in [5.74, 6) is 0.335. The summed E-state index contributed by atoms with van der Waals surface area (Å²) in [5, 5.41) is 10.7. The first-order valence-corrected chi connectivity index (χ1v) is 7.64. The molecule has 0 amide bonds. The van der Waals surface area contributed by atoms with Crippen LogP contribution in [-0.4, -0.2) is 11.7 Å². The van der Waals surface area contributed by atoms with Gasteiger partial charge in [0.25, 0.3) is 0 Å². The molecule has 23 heavy (non-hydrogen) atoms. The molecule has 0 aliphatic heterocycles. The van der Waals surface area contributed by atoms with Gasteiger partial charge in [0, 0.05) is 17.5 Å². The zero-order valence-corrected chi connectivity index (χ0v) is 13.8. The average Bonchev–Trinajstić information content (AvgIpc) is 2.47. The van der Waals surface area contributed by atoms with E-state index >= 15 is 0 Å². The van der Waals surface area contributed by atoms with E-state index in [-0.39, 0.29) is 5.75 Å². The predicted octanol–water partition coefficient (Wildman–Crippen LogP) is 4.57. The summed E-state index contributed by atoms with van der Waals surface area (Å²) in [4.78, 5) is 11.2. The highest BCUT2D eigenvalue weighted by atomic mass is 16.5. The van der Waals surface area contributed by atoms with Crippen LogP contribution in [0.2, 0.25) is 0 Å². The van der Waals surface area contributed by atoms with Gasteiger partial charge in [0.05, 0.1) is 0 Å². The van der Waals surface area contributed by atoms with Crippen LogP contribution in [0.3, 0.4) is 0 Å². The zero-order valence-electron chi connectivity index (χ0n) is 13.8. The smallest absolute Gasteiger partial charge is 0.336 e. The van der Waals surface area contributed by atoms with Crippen LogP contribution in [0.4, 0.5) is 0 Å². The Hall–Kier alpha value is -2.49. The normalized spacial score (nSPS) is 11.5. The zero-order chi connectivity index (χ0) is 16.8. The highest BCUT2D eigenvalue weighted by molar-refractivity contribution is 5.80. The van der Waals surface area contributed by atoms with Gasteiger partial charge in [-0.25, -0.2) is 4.79 Å². The molecule has 0 saturated heterocycles. The van der Waals surface area contributed by atoms with Crippen molar-refractivity contribution in [3.8, 4) is 11.5 Å². The molecule has 0 unspecified atom stereocenters. The number of aromatic hydroxyl groups is 1. The molecule has 0 radical (unpaired) electrons. The third kappa shape index (κ3) is 5.02. The largest absolute Gasteiger partial charge is 0.504 e. The Balaban J connectivity index is 2.01. The summed E-state index contributed by atoms with van der Waals surface area (Å²) in [6.07, 6.45) is 6.23. The van der Waals surface area contributed by atoms with Gasteiger partial charge in [-0.2, -0.15) is 0 Å². The van der Waals surface area contributed by atoms with Crippen LogP contribution < -0.4 is 10.4 Å². The molecule has 0 saturated carbocycles. The molecule has 4 heteroatoms. The Morgan fingerprint density at radius 2 is 2.00 bits per heavy atom. The lowest BCUT2D eigenvalue weighted by Gasteiger charge is -2.08. The minimum absolute atomic E-state index is 0.0394. The second-order valence-corrected chi connectivity index (χ2v) is 5.79. The Kier molecular flexibility index (Phi) is 5.63. The first-order valence-electron chi connectivity index (χ1n) is 7.64. The lowest BCUT2D eigenvalue weighted by molar-refractivity contribution is 0.335. The first kappa shape index (κ1) is 16.9. The summed E-state index contributed by atoms with van der Waals surface area (Å²) in [6.45, 7) is 6.63. The molecule has 1 aromatic carbocycles. The van der Waals surface area contributed by atoms with Gasteiger partial charge >= 0.3 is 5.63 Å². The van der Waals surface area contributed by atoms with Crippen LogP contribution in [-0.2, 0) is 0 Å². The molecule has 4 nitrogen and oxygen atoms in total. The number of ether oxygens (including phenoxy) is 1. The van der Waals surface area contributed by atoms with Gasteiger partial charge in [-0.05, 0) is 51.8 Å². The van der Waals surface area contributed by atoms with E-state index < -0.39 is 5.63 Å². The maximum absolute atomic E-state index is 11.2. The number of hydrogen-bond acceptors (Lipinski definition) is 4. The topological polar surface area (TPSA) is 59.7 Å². The van der Waals surface area contributed by atoms with E-state index in [2.05, 4.69) is 26.8 Å². The summed E-state index contributed by atoms with van der Waals surface area (Å²) in [6, 6.07) is 6.06. The standard InChI is InChI=1S/C19H22O4/c1-13(2)5-4-6-14(3)9-10-22-18-11-15-7-8-19(21)23-17(15)12-16(18)20/h5,7-9,11-12,20H,4,6,10H2,1-3H3/b14-9+. The van der Waals surface area contributed by atoms with Crippen molar-refractivity contribution in [2.45, 2.75) is 33.6 Å². The van der Waals surface area contributed by atoms with E-state index in [1.165, 1.54) is 23.3 Å². The number of phenols is 1. The average molecular weight is 314 g/mol. The fourth-order valence-corrected chi connectivity index (χ4v) is 2.16. The molecule has 0 aliphatic carbocycles. The number of hydrogen-bond donors (Lipinski definition) is 1. The van der Waals surface area contributed by atoms with E-state index in [9.17, 15) is 9.90 Å². The number of allylic oxidation sites excluding steroid dienone is 3. The number of rotatable bonds is 6. The molecular weight excluding hydrogens is 292 g/mol. The van der Waals surface area contributed by atoms with Crippen molar-refractivity contribution in [3.05, 3.63) is 58.0 Å². The summed E-state index contributed by atoms with van der Waals surface area (Å²) < 4.78 is 10.6. The van der Waals surface area contributed by atoms with Crippen molar-refractivity contribution < 1.29 is 14.3 Å². The minimum atomic E-state index is -0.444. The molecule has 0 atom stereocenters. The lowest BCUT2D eigenvalue weighted by atomic mass is 10.1. The van der Waals surface area contributed by atoms with E-state index in [0.29, 0.717) is 23.3 Å². The molecule has 0 fully saturated rings. The molecule has 2 rings (SSSR count). The molecule has 0 spiro atoms. The number of fused-ring (bicyclic) bond motifs is 1. The summed E-state index contributed by atoms with van der Waals surface area (Å²) >= 11 is 0. The molecule has 0 aliphatic rings. The minimum Gasteiger partial charge on any atom is -0.504 e. The van der Waals surface area contributed by atoms with Gasteiger partial charge in [0.15, 0.2) is 11.5 Å². The highest BCUT2D eigenvalue weighted by Crippen LogP contribution is 2.30. The quantitative estimate of drug-likeness (QED) is 0.627. The Morgan fingerprint density at radius 1 is 1.22 bits per heavy atom. The van der Waals surface area contributed by atoms with Crippen LogP contribution in [0.15, 0.2) is 56.8 Å². The Morgan fingerprint density at radius 3 is 2.74 bits per heavy atom. The van der Waals surface area contributed by atoms with Crippen molar-refractivity contribution >= 4 is 11.0 Å². The van der Waals surface area contributed by atoms with Crippen molar-refractivity contribution in [2.75, 3.05) is 6.61 Å². The van der Waals surface area contributed by atoms with Gasteiger partial charge in [-0.15, -0.1) is 0 Å². The molecule has 2 aromatic rings. The SMILES string of the molecule is CC(C)=CCC/C(C)=C/COc1cc2ccc(=O)oc2cc1O. The van der Waals surface area contributed by atoms with Gasteiger partial charge in [-0.3, -0.25) is 0 Å². The van der Waals surface area contributed by atoms with Crippen LogP contribution in [0.25, 0.3) is 11.0 Å². The fourth-order valence-electron chi connectivity index (χ4n) is 2.16. The van der Waals surface area contributed by atoms with Crippen LogP contribution in [0.5, 0.6) is 11.5 Å². The van der Waals surface area contributed by atoms with Gasteiger partial charge in [0.1, 0.15) is 12.2 Å². The Bertz CT molecular complexity index is 793. The maximum Gasteiger partial charge on any atom is 0.336 e. The Labute approximate surface area is 135 Å². The molecular formula is C19H22O4. The van der Waals surface area contributed by atoms with Gasteiger partial charge in [0.2, 0.25) is 0 Å². The molecule has 122 valence electrons. The fraction of sp³-hybridized carbons (Fsp3) is 0.316. The van der Waals surface area contributed by atoms with E-state index in [1.807, 2.05) is 6.08 Å². The summed E-state index contributed by atoms with van der Waals surface area (Å²) in [7, 11) is 0. The van der Waals surface area contributed by atoms with Crippen LogP contribution in [0.1, 0.15) is 33.6 Å². The monoisotopic (exact) mass is 314 g/mol. The lowest BCUT2D eigenvalue weighted by Crippen LogP contribution is -1.97. The maximum atomic E-state index is 11.2. The van der Waals surface area contributed by atoms with Crippen LogP contribution >= 0.6 is 0 Å². The number of phenolic OH excluding ortho intramolecular Hbond substituents is 1. The summed E-state index contributed by atoms with van der Waals surface area (Å²) in [5.41, 5.74) is 2.46. The van der Waals surface area contributed by atoms with Crippen molar-refractivity contribution in [3.63, 3.8) is 0 Å². The van der Waals surface area contributed by atoms with E-state index in [0.717, 1.165) is 12.8 Å². The third-order valence-electron chi connectivity index (χ3n) is 3.46. The second kappa shape index (κ2) is 7.68. The van der Waals surface area contributed by atoms with Crippen molar-refractivity contribution in [1.29, 1.82) is 0 Å². The second-order valence-electron chi connectivity index (χ2n) is 5.79. The predicted molar refractivity (Wildman–Crippen MR) is 92.1 cm³/mol. The molecule has 1 aromatic heterocycles. The molecule has 1 N–H and O–H groups in total. The third-order valence-corrected chi connectivity index (χ3v) is 3.46. The van der Waals surface area contributed by atoms with E-state index in [1.54, 1.807) is 12.1 Å². The van der Waals surface area contributed by atoms with Crippen molar-refractivity contribution in [1.82, 2.24) is 0 Å². The molecule has 0 bridgehead atoms. The van der Waals surface area contributed by atoms with Crippen molar-refractivity contribution in [2.24, 2.45) is 0 Å². The van der Waals surface area contributed by atoms with Crippen LogP contribution in [0, 0.1) is 0 Å². The van der Waals surface area contributed by atoms with Gasteiger partial charge in [-0.1, -0.05) is 17.2 Å². The molecule has 1 heterocycles.